The standard InChI is InChI=1S/C17H20Br2/c1-11-3-6-13-7-4-12(9-15(13)18)5-8-14-16(19)10-17(11,14)2/h4,7,9-11,14H,3,5-6,8H2,1-2H3. The first-order valence-corrected chi connectivity index (χ1v) is 8.75. The van der Waals surface area contributed by atoms with Crippen LogP contribution < -0.4 is 0 Å². The van der Waals surface area contributed by atoms with Gasteiger partial charge in [-0.15, -0.1) is 0 Å². The molecule has 1 aromatic rings. The first-order valence-electron chi connectivity index (χ1n) is 7.16. The van der Waals surface area contributed by atoms with Crippen LogP contribution in [0.1, 0.15) is 37.8 Å². The van der Waals surface area contributed by atoms with Crippen molar-refractivity contribution < 1.29 is 0 Å². The predicted octanol–water partition coefficient (Wildman–Crippen LogP) is 5.88. The van der Waals surface area contributed by atoms with Crippen molar-refractivity contribution in [2.24, 2.45) is 17.3 Å². The molecule has 0 spiro atoms. The number of fused-ring (bicyclic) bond motifs is 5. The van der Waals surface area contributed by atoms with E-state index >= 15 is 0 Å². The average Bonchev–Trinajstić information content (AvgIpc) is 2.38. The van der Waals surface area contributed by atoms with Gasteiger partial charge >= 0.3 is 0 Å². The molecule has 0 heterocycles. The van der Waals surface area contributed by atoms with Crippen LogP contribution in [0.25, 0.3) is 0 Å². The Bertz CT molecular complexity index is 532. The van der Waals surface area contributed by atoms with Crippen molar-refractivity contribution >= 4 is 31.9 Å². The Morgan fingerprint density at radius 2 is 1.95 bits per heavy atom. The van der Waals surface area contributed by atoms with E-state index in [1.807, 2.05) is 0 Å². The van der Waals surface area contributed by atoms with Gasteiger partial charge in [0.15, 0.2) is 0 Å². The zero-order valence-corrected chi connectivity index (χ0v) is 14.7. The summed E-state index contributed by atoms with van der Waals surface area (Å²) in [5.74, 6) is 1.44. The molecule has 2 bridgehead atoms. The molecule has 1 aromatic carbocycles. The van der Waals surface area contributed by atoms with Gasteiger partial charge in [0.25, 0.3) is 0 Å². The molecule has 0 amide bonds. The van der Waals surface area contributed by atoms with E-state index in [1.54, 1.807) is 0 Å². The first-order chi connectivity index (χ1) is 9.00. The van der Waals surface area contributed by atoms with Crippen molar-refractivity contribution in [1.29, 1.82) is 0 Å². The first kappa shape index (κ1) is 13.9. The molecule has 2 heteroatoms. The summed E-state index contributed by atoms with van der Waals surface area (Å²) in [5, 5.41) is 0. The smallest absolute Gasteiger partial charge is 0.0210 e. The highest BCUT2D eigenvalue weighted by Crippen LogP contribution is 2.55. The van der Waals surface area contributed by atoms with Crippen LogP contribution >= 0.6 is 31.9 Å². The summed E-state index contributed by atoms with van der Waals surface area (Å²) in [6, 6.07) is 6.94. The SMILES string of the molecule is CC1CCc2ccc(cc2Br)CCC2C(Br)=CC12C. The van der Waals surface area contributed by atoms with Crippen LogP contribution in [0.15, 0.2) is 33.2 Å². The summed E-state index contributed by atoms with van der Waals surface area (Å²) < 4.78 is 2.72. The highest BCUT2D eigenvalue weighted by atomic mass is 79.9. The molecular weight excluding hydrogens is 364 g/mol. The summed E-state index contributed by atoms with van der Waals surface area (Å²) in [6.45, 7) is 4.86. The number of aryl methyl sites for hydroxylation is 2. The molecular formula is C17H20Br2. The minimum Gasteiger partial charge on any atom is -0.0672 e. The number of allylic oxidation sites excluding steroid dienone is 2. The van der Waals surface area contributed by atoms with Crippen LogP contribution in [-0.4, -0.2) is 0 Å². The molecule has 0 fully saturated rings. The molecule has 0 N–H and O–H groups in total. The third-order valence-electron chi connectivity index (χ3n) is 5.28. The predicted molar refractivity (Wildman–Crippen MR) is 88.6 cm³/mol. The summed E-state index contributed by atoms with van der Waals surface area (Å²) in [7, 11) is 0. The topological polar surface area (TPSA) is 0 Å². The second-order valence-electron chi connectivity index (χ2n) is 6.35. The zero-order valence-electron chi connectivity index (χ0n) is 11.5. The number of halogens is 2. The maximum Gasteiger partial charge on any atom is 0.0210 e. The minimum atomic E-state index is 0.385. The molecule has 3 atom stereocenters. The lowest BCUT2D eigenvalue weighted by Gasteiger charge is -2.48. The van der Waals surface area contributed by atoms with Gasteiger partial charge in [-0.2, -0.15) is 0 Å². The summed E-state index contributed by atoms with van der Waals surface area (Å²) >= 11 is 7.49. The fourth-order valence-corrected chi connectivity index (χ4v) is 5.42. The van der Waals surface area contributed by atoms with Crippen molar-refractivity contribution in [2.45, 2.75) is 39.5 Å². The Hall–Kier alpha value is -0.0800. The molecule has 0 saturated heterocycles. The van der Waals surface area contributed by atoms with Crippen LogP contribution in [0.5, 0.6) is 0 Å². The second-order valence-corrected chi connectivity index (χ2v) is 8.12. The molecule has 0 aromatic heterocycles. The van der Waals surface area contributed by atoms with E-state index in [1.165, 1.54) is 45.8 Å². The van der Waals surface area contributed by atoms with E-state index in [0.29, 0.717) is 11.3 Å². The Morgan fingerprint density at radius 3 is 2.63 bits per heavy atom. The Balaban J connectivity index is 1.94. The fourth-order valence-electron chi connectivity index (χ4n) is 3.58. The Morgan fingerprint density at radius 1 is 1.16 bits per heavy atom. The number of benzene rings is 1. The van der Waals surface area contributed by atoms with Crippen LogP contribution in [0, 0.1) is 17.3 Å². The van der Waals surface area contributed by atoms with Gasteiger partial charge in [0, 0.05) is 4.47 Å². The van der Waals surface area contributed by atoms with Gasteiger partial charge < -0.3 is 0 Å². The minimum absolute atomic E-state index is 0.385. The lowest BCUT2D eigenvalue weighted by Crippen LogP contribution is -2.40. The third kappa shape index (κ3) is 2.35. The quantitative estimate of drug-likeness (QED) is 0.524. The zero-order chi connectivity index (χ0) is 13.6. The Labute approximate surface area is 132 Å². The normalized spacial score (nSPS) is 34.0. The molecule has 3 unspecified atom stereocenters. The van der Waals surface area contributed by atoms with Crippen LogP contribution in [0.2, 0.25) is 0 Å². The molecule has 102 valence electrons. The van der Waals surface area contributed by atoms with E-state index in [2.05, 4.69) is 70.0 Å². The lowest BCUT2D eigenvalue weighted by atomic mass is 9.59. The van der Waals surface area contributed by atoms with Crippen molar-refractivity contribution in [2.75, 3.05) is 0 Å². The van der Waals surface area contributed by atoms with Gasteiger partial charge in [0.05, 0.1) is 0 Å². The molecule has 0 nitrogen and oxygen atoms in total. The summed E-state index contributed by atoms with van der Waals surface area (Å²) in [5.41, 5.74) is 3.30. The van der Waals surface area contributed by atoms with Crippen LogP contribution in [-0.2, 0) is 12.8 Å². The molecule has 4 rings (SSSR count). The highest BCUT2D eigenvalue weighted by Gasteiger charge is 2.45. The van der Waals surface area contributed by atoms with E-state index in [9.17, 15) is 0 Å². The molecule has 19 heavy (non-hydrogen) atoms. The van der Waals surface area contributed by atoms with Crippen LogP contribution in [0.4, 0.5) is 0 Å². The number of hydrogen-bond acceptors (Lipinski definition) is 0. The number of hydrogen-bond donors (Lipinski definition) is 0. The third-order valence-corrected chi connectivity index (χ3v) is 6.80. The number of rotatable bonds is 0. The van der Waals surface area contributed by atoms with Gasteiger partial charge in [-0.3, -0.25) is 0 Å². The van der Waals surface area contributed by atoms with Gasteiger partial charge in [0.1, 0.15) is 0 Å². The summed E-state index contributed by atoms with van der Waals surface area (Å²) in [4.78, 5) is 0. The largest absolute Gasteiger partial charge is 0.0672 e. The summed E-state index contributed by atoms with van der Waals surface area (Å²) in [6.07, 6.45) is 7.32. The van der Waals surface area contributed by atoms with Crippen molar-refractivity contribution in [3.63, 3.8) is 0 Å². The van der Waals surface area contributed by atoms with Crippen LogP contribution in [0.3, 0.4) is 0 Å². The maximum atomic E-state index is 3.76. The average molecular weight is 384 g/mol. The fraction of sp³-hybridized carbons (Fsp3) is 0.529. The van der Waals surface area contributed by atoms with E-state index in [-0.39, 0.29) is 0 Å². The second kappa shape index (κ2) is 5.04. The van der Waals surface area contributed by atoms with E-state index < -0.39 is 0 Å². The van der Waals surface area contributed by atoms with Gasteiger partial charge in [-0.05, 0) is 64.6 Å². The maximum absolute atomic E-state index is 3.76. The Kier molecular flexibility index (Phi) is 3.68. The van der Waals surface area contributed by atoms with Crippen molar-refractivity contribution in [1.82, 2.24) is 0 Å². The lowest BCUT2D eigenvalue weighted by molar-refractivity contribution is 0.147. The van der Waals surface area contributed by atoms with Gasteiger partial charge in [-0.25, -0.2) is 0 Å². The molecule has 0 aliphatic heterocycles. The van der Waals surface area contributed by atoms with E-state index in [0.717, 1.165) is 5.92 Å². The molecule has 3 aliphatic carbocycles. The van der Waals surface area contributed by atoms with Crippen molar-refractivity contribution in [3.8, 4) is 0 Å². The van der Waals surface area contributed by atoms with Gasteiger partial charge in [0.2, 0.25) is 0 Å². The van der Waals surface area contributed by atoms with E-state index in [4.69, 9.17) is 0 Å². The van der Waals surface area contributed by atoms with Crippen molar-refractivity contribution in [3.05, 3.63) is 44.4 Å². The molecule has 0 radical (unpaired) electrons. The van der Waals surface area contributed by atoms with Gasteiger partial charge in [-0.1, -0.05) is 63.9 Å². The monoisotopic (exact) mass is 382 g/mol. The molecule has 0 saturated carbocycles. The highest BCUT2D eigenvalue weighted by molar-refractivity contribution is 9.11. The molecule has 3 aliphatic rings.